The first-order chi connectivity index (χ1) is 6.68. The van der Waals surface area contributed by atoms with Gasteiger partial charge in [-0.05, 0) is 0 Å². The van der Waals surface area contributed by atoms with E-state index >= 15 is 0 Å². The number of terminal acetylenes is 1. The third-order valence-corrected chi connectivity index (χ3v) is 1.69. The average molecular weight is 198 g/mol. The number of ether oxygens (including phenoxy) is 2. The Bertz CT molecular complexity index is 191. The molecule has 0 spiro atoms. The molecule has 80 valence electrons. The van der Waals surface area contributed by atoms with Gasteiger partial charge in [-0.3, -0.25) is 4.79 Å². The Labute approximate surface area is 85.8 Å². The molecule has 0 fully saturated rings. The highest BCUT2D eigenvalue weighted by molar-refractivity contribution is 5.80. The Hall–Kier alpha value is -0.850. The highest BCUT2D eigenvalue weighted by Crippen LogP contribution is 1.98. The number of rotatable bonds is 8. The quantitative estimate of drug-likeness (QED) is 0.435. The first-order valence-electron chi connectivity index (χ1n) is 4.80. The van der Waals surface area contributed by atoms with Crippen molar-refractivity contribution < 1.29 is 14.3 Å². The molecule has 0 unspecified atom stereocenters. The summed E-state index contributed by atoms with van der Waals surface area (Å²) in [6, 6.07) is 0. The van der Waals surface area contributed by atoms with Crippen LogP contribution in [0.2, 0.25) is 0 Å². The van der Waals surface area contributed by atoms with Crippen molar-refractivity contribution in [2.45, 2.75) is 20.3 Å². The summed E-state index contributed by atoms with van der Waals surface area (Å²) in [7, 11) is 0. The van der Waals surface area contributed by atoms with Crippen molar-refractivity contribution in [1.82, 2.24) is 0 Å². The van der Waals surface area contributed by atoms with Crippen molar-refractivity contribution >= 4 is 5.78 Å². The van der Waals surface area contributed by atoms with Crippen LogP contribution in [0.1, 0.15) is 20.3 Å². The molecule has 0 saturated heterocycles. The highest BCUT2D eigenvalue weighted by atomic mass is 16.5. The van der Waals surface area contributed by atoms with Gasteiger partial charge in [0.2, 0.25) is 0 Å². The van der Waals surface area contributed by atoms with Crippen LogP contribution in [-0.2, 0) is 14.3 Å². The van der Waals surface area contributed by atoms with Crippen molar-refractivity contribution in [3.8, 4) is 12.3 Å². The summed E-state index contributed by atoms with van der Waals surface area (Å²) >= 11 is 0. The second kappa shape index (κ2) is 8.74. The molecule has 0 saturated carbocycles. The number of hydrogen-bond donors (Lipinski definition) is 0. The minimum absolute atomic E-state index is 0.0938. The zero-order valence-electron chi connectivity index (χ0n) is 8.91. The van der Waals surface area contributed by atoms with Gasteiger partial charge >= 0.3 is 0 Å². The normalized spacial score (nSPS) is 10.1. The van der Waals surface area contributed by atoms with E-state index in [4.69, 9.17) is 15.9 Å². The van der Waals surface area contributed by atoms with E-state index in [0.717, 1.165) is 0 Å². The fraction of sp³-hybridized carbons (Fsp3) is 0.727. The molecule has 0 heterocycles. The largest absolute Gasteiger partial charge is 0.379 e. The third kappa shape index (κ3) is 7.78. The zero-order valence-corrected chi connectivity index (χ0v) is 8.91. The molecule has 0 aromatic carbocycles. The van der Waals surface area contributed by atoms with E-state index in [2.05, 4.69) is 5.92 Å². The molecule has 0 radical (unpaired) electrons. The fourth-order valence-corrected chi connectivity index (χ4v) is 0.812. The Morgan fingerprint density at radius 3 is 2.50 bits per heavy atom. The predicted octanol–water partition coefficient (Wildman–Crippen LogP) is 1.27. The summed E-state index contributed by atoms with van der Waals surface area (Å²) in [6.45, 7) is 5.54. The maximum absolute atomic E-state index is 11.1. The van der Waals surface area contributed by atoms with Crippen LogP contribution < -0.4 is 0 Å². The molecule has 0 N–H and O–H groups in total. The van der Waals surface area contributed by atoms with E-state index in [0.29, 0.717) is 32.8 Å². The van der Waals surface area contributed by atoms with Crippen LogP contribution in [0, 0.1) is 18.3 Å². The lowest BCUT2D eigenvalue weighted by atomic mass is 10.1. The second-order valence-electron chi connectivity index (χ2n) is 3.24. The zero-order chi connectivity index (χ0) is 10.8. The van der Waals surface area contributed by atoms with E-state index in [-0.39, 0.29) is 11.7 Å². The van der Waals surface area contributed by atoms with Gasteiger partial charge in [-0.1, -0.05) is 19.8 Å². The summed E-state index contributed by atoms with van der Waals surface area (Å²) in [4.78, 5) is 11.1. The summed E-state index contributed by atoms with van der Waals surface area (Å²) in [5.74, 6) is 2.68. The van der Waals surface area contributed by atoms with Gasteiger partial charge in [0.1, 0.15) is 12.4 Å². The molecule has 0 amide bonds. The Morgan fingerprint density at radius 2 is 1.93 bits per heavy atom. The monoisotopic (exact) mass is 198 g/mol. The SMILES string of the molecule is C#CCOCCOCCC(=O)C(C)C. The number of ketones is 1. The van der Waals surface area contributed by atoms with E-state index in [9.17, 15) is 4.79 Å². The van der Waals surface area contributed by atoms with Crippen molar-refractivity contribution in [1.29, 1.82) is 0 Å². The Morgan fingerprint density at radius 1 is 1.29 bits per heavy atom. The van der Waals surface area contributed by atoms with Crippen LogP contribution in [0.3, 0.4) is 0 Å². The lowest BCUT2D eigenvalue weighted by Gasteiger charge is -2.05. The maximum atomic E-state index is 11.1. The number of carbonyl (C=O) groups excluding carboxylic acids is 1. The first kappa shape index (κ1) is 13.2. The average Bonchev–Trinajstić information content (AvgIpc) is 2.16. The van der Waals surface area contributed by atoms with Gasteiger partial charge in [0.05, 0.1) is 19.8 Å². The van der Waals surface area contributed by atoms with Crippen LogP contribution in [0.25, 0.3) is 0 Å². The van der Waals surface area contributed by atoms with Crippen LogP contribution in [0.15, 0.2) is 0 Å². The molecule has 0 aliphatic rings. The van der Waals surface area contributed by atoms with Crippen molar-refractivity contribution in [3.63, 3.8) is 0 Å². The highest BCUT2D eigenvalue weighted by Gasteiger charge is 2.05. The number of Topliss-reactive ketones (excluding diaryl/α,β-unsaturated/α-hetero) is 1. The topological polar surface area (TPSA) is 35.5 Å². The summed E-state index contributed by atoms with van der Waals surface area (Å²) in [5, 5.41) is 0. The van der Waals surface area contributed by atoms with Gasteiger partial charge in [0, 0.05) is 12.3 Å². The van der Waals surface area contributed by atoms with Crippen LogP contribution in [0.5, 0.6) is 0 Å². The smallest absolute Gasteiger partial charge is 0.137 e. The summed E-state index contributed by atoms with van der Waals surface area (Å²) < 4.78 is 10.2. The minimum atomic E-state index is 0.0938. The van der Waals surface area contributed by atoms with Gasteiger partial charge in [-0.2, -0.15) is 0 Å². The van der Waals surface area contributed by atoms with Gasteiger partial charge in [-0.15, -0.1) is 6.42 Å². The van der Waals surface area contributed by atoms with Gasteiger partial charge in [0.25, 0.3) is 0 Å². The molecule has 0 aromatic rings. The summed E-state index contributed by atoms with van der Waals surface area (Å²) in [5.41, 5.74) is 0. The van der Waals surface area contributed by atoms with Crippen molar-refractivity contribution in [2.75, 3.05) is 26.4 Å². The third-order valence-electron chi connectivity index (χ3n) is 1.69. The van der Waals surface area contributed by atoms with Crippen LogP contribution in [0.4, 0.5) is 0 Å². The standard InChI is InChI=1S/C11H18O3/c1-4-6-13-8-9-14-7-5-11(12)10(2)3/h1,10H,5-9H2,2-3H3. The van der Waals surface area contributed by atoms with Gasteiger partial charge in [-0.25, -0.2) is 0 Å². The molecular weight excluding hydrogens is 180 g/mol. The van der Waals surface area contributed by atoms with Crippen molar-refractivity contribution in [3.05, 3.63) is 0 Å². The van der Waals surface area contributed by atoms with Crippen LogP contribution in [-0.4, -0.2) is 32.2 Å². The van der Waals surface area contributed by atoms with Gasteiger partial charge < -0.3 is 9.47 Å². The van der Waals surface area contributed by atoms with Crippen LogP contribution >= 0.6 is 0 Å². The van der Waals surface area contributed by atoms with E-state index < -0.39 is 0 Å². The first-order valence-corrected chi connectivity index (χ1v) is 4.80. The molecule has 0 rings (SSSR count). The number of carbonyl (C=O) groups is 1. The van der Waals surface area contributed by atoms with E-state index in [1.165, 1.54) is 0 Å². The van der Waals surface area contributed by atoms with E-state index in [1.807, 2.05) is 13.8 Å². The molecule has 3 nitrogen and oxygen atoms in total. The Kier molecular flexibility index (Phi) is 8.20. The Balaban J connectivity index is 3.14. The molecule has 0 aromatic heterocycles. The van der Waals surface area contributed by atoms with Crippen molar-refractivity contribution in [2.24, 2.45) is 5.92 Å². The maximum Gasteiger partial charge on any atom is 0.137 e. The molecule has 0 atom stereocenters. The molecule has 3 heteroatoms. The molecule has 14 heavy (non-hydrogen) atoms. The fourth-order valence-electron chi connectivity index (χ4n) is 0.812. The minimum Gasteiger partial charge on any atom is -0.379 e. The molecular formula is C11H18O3. The predicted molar refractivity (Wildman–Crippen MR) is 54.9 cm³/mol. The van der Waals surface area contributed by atoms with Gasteiger partial charge in [0.15, 0.2) is 0 Å². The lowest BCUT2D eigenvalue weighted by Crippen LogP contribution is -2.12. The molecule has 0 aliphatic carbocycles. The molecule has 0 aliphatic heterocycles. The second-order valence-corrected chi connectivity index (χ2v) is 3.24. The summed E-state index contributed by atoms with van der Waals surface area (Å²) in [6.07, 6.45) is 5.46. The van der Waals surface area contributed by atoms with E-state index in [1.54, 1.807) is 0 Å². The number of hydrogen-bond acceptors (Lipinski definition) is 3. The lowest BCUT2D eigenvalue weighted by molar-refractivity contribution is -0.123. The molecule has 0 bridgehead atoms.